The molecule has 2 unspecified atom stereocenters. The van der Waals surface area contributed by atoms with E-state index in [1.807, 2.05) is 37.4 Å². The normalized spacial score (nSPS) is 14.5. The fourth-order valence-electron chi connectivity index (χ4n) is 2.56. The predicted octanol–water partition coefficient (Wildman–Crippen LogP) is 4.68. The molecule has 0 amide bonds. The molecule has 0 radical (unpaired) electrons. The Kier molecular flexibility index (Phi) is 4.54. The Balaban J connectivity index is 2.46. The monoisotopic (exact) mass is 259 g/mol. The summed E-state index contributed by atoms with van der Waals surface area (Å²) in [6.07, 6.45) is 2.24. The van der Waals surface area contributed by atoms with Crippen molar-refractivity contribution in [2.45, 2.75) is 32.7 Å². The maximum absolute atomic E-state index is 13.8. The average Bonchev–Trinajstić information content (AvgIpc) is 2.45. The Bertz CT molecular complexity index is 550. The first-order valence-electron chi connectivity index (χ1n) is 7.01. The molecule has 2 aromatic rings. The summed E-state index contributed by atoms with van der Waals surface area (Å²) in [6.45, 7) is 4.47. The molecule has 2 rings (SSSR count). The Labute approximate surface area is 114 Å². The maximum Gasteiger partial charge on any atom is 0.131 e. The molecule has 2 atom stereocenters. The Morgan fingerprint density at radius 1 is 1.11 bits per heavy atom. The lowest BCUT2D eigenvalue weighted by Gasteiger charge is -2.22. The van der Waals surface area contributed by atoms with E-state index in [0.29, 0.717) is 11.3 Å². The first kappa shape index (κ1) is 14.0. The average molecular weight is 259 g/mol. The van der Waals surface area contributed by atoms with E-state index in [-0.39, 0.29) is 11.9 Å². The number of fused-ring (bicyclic) bond motifs is 1. The summed E-state index contributed by atoms with van der Waals surface area (Å²) in [5, 5.41) is 5.10. The van der Waals surface area contributed by atoms with E-state index in [1.165, 1.54) is 5.56 Å². The lowest BCUT2D eigenvalue weighted by molar-refractivity contribution is 0.423. The molecule has 2 heteroatoms. The highest BCUT2D eigenvalue weighted by molar-refractivity contribution is 5.86. The number of hydrogen-bond donors (Lipinski definition) is 1. The fraction of sp³-hybridized carbons (Fsp3) is 0.412. The number of hydrogen-bond acceptors (Lipinski definition) is 1. The quantitative estimate of drug-likeness (QED) is 0.822. The van der Waals surface area contributed by atoms with Crippen molar-refractivity contribution in [3.05, 3.63) is 47.8 Å². The SMILES string of the molecule is CCC(C)CC(NC)c1ccc(F)c2ccccc12. The summed E-state index contributed by atoms with van der Waals surface area (Å²) < 4.78 is 13.8. The van der Waals surface area contributed by atoms with Crippen molar-refractivity contribution in [2.24, 2.45) is 5.92 Å². The van der Waals surface area contributed by atoms with Gasteiger partial charge >= 0.3 is 0 Å². The van der Waals surface area contributed by atoms with E-state index in [9.17, 15) is 4.39 Å². The second kappa shape index (κ2) is 6.16. The highest BCUT2D eigenvalue weighted by Crippen LogP contribution is 2.30. The van der Waals surface area contributed by atoms with E-state index in [4.69, 9.17) is 0 Å². The van der Waals surface area contributed by atoms with Crippen LogP contribution in [0.1, 0.15) is 38.3 Å². The van der Waals surface area contributed by atoms with Crippen molar-refractivity contribution in [2.75, 3.05) is 7.05 Å². The molecule has 2 aromatic carbocycles. The molecule has 0 aliphatic carbocycles. The Hall–Kier alpha value is -1.41. The van der Waals surface area contributed by atoms with Gasteiger partial charge in [0.2, 0.25) is 0 Å². The molecule has 19 heavy (non-hydrogen) atoms. The first-order valence-corrected chi connectivity index (χ1v) is 7.01. The molecule has 0 bridgehead atoms. The van der Waals surface area contributed by atoms with Gasteiger partial charge in [-0.15, -0.1) is 0 Å². The lowest BCUT2D eigenvalue weighted by atomic mass is 9.91. The van der Waals surface area contributed by atoms with Gasteiger partial charge in [0.05, 0.1) is 0 Å². The van der Waals surface area contributed by atoms with Crippen molar-refractivity contribution in [3.63, 3.8) is 0 Å². The standard InChI is InChI=1S/C17H22FN/c1-4-12(2)11-17(19-3)15-9-10-16(18)14-8-6-5-7-13(14)15/h5-10,12,17,19H,4,11H2,1-3H3. The third kappa shape index (κ3) is 2.95. The zero-order chi connectivity index (χ0) is 13.8. The van der Waals surface area contributed by atoms with Crippen LogP contribution < -0.4 is 5.32 Å². The summed E-state index contributed by atoms with van der Waals surface area (Å²) in [5.41, 5.74) is 1.19. The molecule has 0 aliphatic rings. The van der Waals surface area contributed by atoms with Crippen LogP contribution in [0, 0.1) is 11.7 Å². The molecule has 1 nitrogen and oxygen atoms in total. The minimum atomic E-state index is -0.141. The Morgan fingerprint density at radius 3 is 2.42 bits per heavy atom. The molecular formula is C17H22FN. The molecule has 0 spiro atoms. The highest BCUT2D eigenvalue weighted by Gasteiger charge is 2.16. The van der Waals surface area contributed by atoms with Crippen LogP contribution in [0.3, 0.4) is 0 Å². The van der Waals surface area contributed by atoms with Crippen LogP contribution in [-0.2, 0) is 0 Å². The minimum Gasteiger partial charge on any atom is -0.313 e. The molecule has 0 aromatic heterocycles. The molecular weight excluding hydrogens is 237 g/mol. The molecule has 0 fully saturated rings. The van der Waals surface area contributed by atoms with E-state index in [1.54, 1.807) is 6.07 Å². The Morgan fingerprint density at radius 2 is 1.79 bits per heavy atom. The zero-order valence-electron chi connectivity index (χ0n) is 11.9. The van der Waals surface area contributed by atoms with Gasteiger partial charge in [-0.05, 0) is 36.4 Å². The maximum atomic E-state index is 13.8. The van der Waals surface area contributed by atoms with Crippen LogP contribution in [0.25, 0.3) is 10.8 Å². The van der Waals surface area contributed by atoms with E-state index in [0.717, 1.165) is 18.2 Å². The summed E-state index contributed by atoms with van der Waals surface area (Å²) in [5.74, 6) is 0.513. The largest absolute Gasteiger partial charge is 0.313 e. The predicted molar refractivity (Wildman–Crippen MR) is 79.8 cm³/mol. The van der Waals surface area contributed by atoms with Crippen LogP contribution in [0.15, 0.2) is 36.4 Å². The van der Waals surface area contributed by atoms with Gasteiger partial charge in [-0.1, -0.05) is 50.6 Å². The summed E-state index contributed by atoms with van der Waals surface area (Å²) in [6, 6.07) is 11.5. The van der Waals surface area contributed by atoms with Gasteiger partial charge < -0.3 is 5.32 Å². The highest BCUT2D eigenvalue weighted by atomic mass is 19.1. The molecule has 0 saturated carbocycles. The van der Waals surface area contributed by atoms with Crippen molar-refractivity contribution < 1.29 is 4.39 Å². The van der Waals surface area contributed by atoms with E-state index in [2.05, 4.69) is 19.2 Å². The topological polar surface area (TPSA) is 12.0 Å². The minimum absolute atomic E-state index is 0.141. The lowest BCUT2D eigenvalue weighted by Crippen LogP contribution is -2.19. The summed E-state index contributed by atoms with van der Waals surface area (Å²) in [7, 11) is 1.98. The summed E-state index contributed by atoms with van der Waals surface area (Å²) >= 11 is 0. The van der Waals surface area contributed by atoms with Crippen molar-refractivity contribution in [3.8, 4) is 0 Å². The molecule has 0 saturated heterocycles. The van der Waals surface area contributed by atoms with Gasteiger partial charge in [-0.2, -0.15) is 0 Å². The second-order valence-corrected chi connectivity index (χ2v) is 5.27. The number of nitrogens with one attached hydrogen (secondary N) is 1. The van der Waals surface area contributed by atoms with Crippen LogP contribution >= 0.6 is 0 Å². The van der Waals surface area contributed by atoms with Crippen molar-refractivity contribution in [1.82, 2.24) is 5.32 Å². The zero-order valence-corrected chi connectivity index (χ0v) is 11.9. The van der Waals surface area contributed by atoms with Crippen molar-refractivity contribution in [1.29, 1.82) is 0 Å². The van der Waals surface area contributed by atoms with Gasteiger partial charge in [0.25, 0.3) is 0 Å². The molecule has 1 N–H and O–H groups in total. The van der Waals surface area contributed by atoms with Gasteiger partial charge in [0.1, 0.15) is 5.82 Å². The molecule has 0 heterocycles. The number of rotatable bonds is 5. The van der Waals surface area contributed by atoms with Gasteiger partial charge in [0.15, 0.2) is 0 Å². The smallest absolute Gasteiger partial charge is 0.131 e. The third-order valence-corrected chi connectivity index (χ3v) is 3.96. The van der Waals surface area contributed by atoms with Crippen LogP contribution in [-0.4, -0.2) is 7.05 Å². The fourth-order valence-corrected chi connectivity index (χ4v) is 2.56. The molecule has 0 aliphatic heterocycles. The van der Waals surface area contributed by atoms with Crippen LogP contribution in [0.2, 0.25) is 0 Å². The number of halogens is 1. The second-order valence-electron chi connectivity index (χ2n) is 5.27. The molecule has 102 valence electrons. The van der Waals surface area contributed by atoms with Gasteiger partial charge in [-0.25, -0.2) is 4.39 Å². The van der Waals surface area contributed by atoms with Crippen LogP contribution in [0.5, 0.6) is 0 Å². The first-order chi connectivity index (χ1) is 9.17. The third-order valence-electron chi connectivity index (χ3n) is 3.96. The summed E-state index contributed by atoms with van der Waals surface area (Å²) in [4.78, 5) is 0. The van der Waals surface area contributed by atoms with Gasteiger partial charge in [-0.3, -0.25) is 0 Å². The van der Waals surface area contributed by atoms with Gasteiger partial charge in [0, 0.05) is 11.4 Å². The van der Waals surface area contributed by atoms with E-state index >= 15 is 0 Å². The van der Waals surface area contributed by atoms with Crippen LogP contribution in [0.4, 0.5) is 4.39 Å². The van der Waals surface area contributed by atoms with Crippen molar-refractivity contribution >= 4 is 10.8 Å². The van der Waals surface area contributed by atoms with E-state index < -0.39 is 0 Å². The number of benzene rings is 2.